The van der Waals surface area contributed by atoms with Crippen molar-refractivity contribution in [3.8, 4) is 6.07 Å². The van der Waals surface area contributed by atoms with Crippen molar-refractivity contribution in [1.82, 2.24) is 4.98 Å². The van der Waals surface area contributed by atoms with Gasteiger partial charge in [-0.2, -0.15) is 5.26 Å². The summed E-state index contributed by atoms with van der Waals surface area (Å²) in [6.45, 7) is 1.85. The van der Waals surface area contributed by atoms with Gasteiger partial charge in [0.2, 0.25) is 0 Å². The van der Waals surface area contributed by atoms with E-state index in [2.05, 4.69) is 15.6 Å². The van der Waals surface area contributed by atoms with Crippen molar-refractivity contribution < 1.29 is 14.7 Å². The maximum Gasteiger partial charge on any atom is 0.335 e. The fraction of sp³-hybridized carbons (Fsp3) is 0.0588. The van der Waals surface area contributed by atoms with Crippen molar-refractivity contribution in [2.75, 3.05) is 10.6 Å². The number of aromatic carboxylic acids is 1. The molecule has 120 valence electrons. The number of carbonyl (C=O) groups excluding carboxylic acids is 1. The molecule has 2 aromatic rings. The number of nitrogens with one attached hydrogen (secondary N) is 2. The molecule has 0 saturated carbocycles. The SMILES string of the molecule is Cc1ccc(N/C=C(/C#N)C(=O)Nc2cccc(C(=O)O)c2)cn1. The molecule has 1 aromatic carbocycles. The van der Waals surface area contributed by atoms with Crippen LogP contribution in [0, 0.1) is 18.3 Å². The maximum atomic E-state index is 12.1. The van der Waals surface area contributed by atoms with Crippen molar-refractivity contribution in [1.29, 1.82) is 5.26 Å². The molecular weight excluding hydrogens is 308 g/mol. The number of hydrogen-bond acceptors (Lipinski definition) is 5. The number of nitrogens with zero attached hydrogens (tertiary/aromatic N) is 2. The number of anilines is 2. The molecule has 0 spiro atoms. The molecule has 0 radical (unpaired) electrons. The predicted molar refractivity (Wildman–Crippen MR) is 88.3 cm³/mol. The Labute approximate surface area is 138 Å². The van der Waals surface area contributed by atoms with Gasteiger partial charge < -0.3 is 15.7 Å². The Hall–Kier alpha value is -3.66. The van der Waals surface area contributed by atoms with Gasteiger partial charge in [-0.05, 0) is 37.3 Å². The molecule has 0 unspecified atom stereocenters. The van der Waals surface area contributed by atoms with E-state index in [0.29, 0.717) is 5.69 Å². The molecule has 7 nitrogen and oxygen atoms in total. The maximum absolute atomic E-state index is 12.1. The van der Waals surface area contributed by atoms with Gasteiger partial charge in [0.1, 0.15) is 11.6 Å². The van der Waals surface area contributed by atoms with E-state index in [0.717, 1.165) is 5.69 Å². The molecule has 1 heterocycles. The van der Waals surface area contributed by atoms with Gasteiger partial charge in [0.05, 0.1) is 17.4 Å². The summed E-state index contributed by atoms with van der Waals surface area (Å²) in [5, 5.41) is 23.3. The summed E-state index contributed by atoms with van der Waals surface area (Å²) in [5.41, 5.74) is 1.66. The molecule has 0 aliphatic carbocycles. The monoisotopic (exact) mass is 322 g/mol. The molecule has 24 heavy (non-hydrogen) atoms. The van der Waals surface area contributed by atoms with Crippen LogP contribution < -0.4 is 10.6 Å². The minimum atomic E-state index is -1.10. The second kappa shape index (κ2) is 7.56. The lowest BCUT2D eigenvalue weighted by atomic mass is 10.2. The molecule has 3 N–H and O–H groups in total. The van der Waals surface area contributed by atoms with E-state index in [1.165, 1.54) is 30.5 Å². The minimum absolute atomic E-state index is 0.0409. The first kappa shape index (κ1) is 16.7. The van der Waals surface area contributed by atoms with E-state index in [-0.39, 0.29) is 16.8 Å². The van der Waals surface area contributed by atoms with Gasteiger partial charge in [0, 0.05) is 17.6 Å². The van der Waals surface area contributed by atoms with Gasteiger partial charge >= 0.3 is 5.97 Å². The Morgan fingerprint density at radius 1 is 1.25 bits per heavy atom. The van der Waals surface area contributed by atoms with Gasteiger partial charge in [-0.25, -0.2) is 4.79 Å². The Balaban J connectivity index is 2.10. The summed E-state index contributed by atoms with van der Waals surface area (Å²) >= 11 is 0. The Kier molecular flexibility index (Phi) is 5.26. The summed E-state index contributed by atoms with van der Waals surface area (Å²) in [4.78, 5) is 27.1. The number of aromatic nitrogens is 1. The molecule has 1 amide bonds. The number of hydrogen-bond donors (Lipinski definition) is 3. The molecular formula is C17H14N4O3. The summed E-state index contributed by atoms with van der Waals surface area (Å²) < 4.78 is 0. The van der Waals surface area contributed by atoms with E-state index in [4.69, 9.17) is 10.4 Å². The second-order valence-electron chi connectivity index (χ2n) is 4.84. The van der Waals surface area contributed by atoms with Crippen molar-refractivity contribution in [2.45, 2.75) is 6.92 Å². The highest BCUT2D eigenvalue weighted by Gasteiger charge is 2.11. The zero-order valence-corrected chi connectivity index (χ0v) is 12.8. The van der Waals surface area contributed by atoms with E-state index >= 15 is 0 Å². The number of rotatable bonds is 5. The summed E-state index contributed by atoms with van der Waals surface area (Å²) in [5.74, 6) is -1.75. The average molecular weight is 322 g/mol. The number of carbonyl (C=O) groups is 2. The highest BCUT2D eigenvalue weighted by molar-refractivity contribution is 6.07. The molecule has 0 bridgehead atoms. The summed E-state index contributed by atoms with van der Waals surface area (Å²) in [6.07, 6.45) is 2.85. The largest absolute Gasteiger partial charge is 0.478 e. The lowest BCUT2D eigenvalue weighted by Crippen LogP contribution is -2.15. The zero-order valence-electron chi connectivity index (χ0n) is 12.8. The van der Waals surface area contributed by atoms with Crippen LogP contribution in [0.2, 0.25) is 0 Å². The molecule has 0 aliphatic rings. The standard InChI is InChI=1S/C17H14N4O3/c1-11-5-6-15(10-19-11)20-9-13(8-18)16(22)21-14-4-2-3-12(7-14)17(23)24/h2-7,9-10,20H,1H3,(H,21,22)(H,23,24)/b13-9-. The topological polar surface area (TPSA) is 115 Å². The van der Waals surface area contributed by atoms with Crippen LogP contribution in [0.15, 0.2) is 54.4 Å². The van der Waals surface area contributed by atoms with Gasteiger partial charge in [-0.15, -0.1) is 0 Å². The number of benzene rings is 1. The van der Waals surface area contributed by atoms with Crippen LogP contribution in [0.1, 0.15) is 16.1 Å². The smallest absolute Gasteiger partial charge is 0.335 e. The van der Waals surface area contributed by atoms with E-state index in [9.17, 15) is 9.59 Å². The van der Waals surface area contributed by atoms with Crippen LogP contribution >= 0.6 is 0 Å². The predicted octanol–water partition coefficient (Wildman–Crippen LogP) is 2.55. The molecule has 7 heteroatoms. The highest BCUT2D eigenvalue weighted by atomic mass is 16.4. The molecule has 0 atom stereocenters. The van der Waals surface area contributed by atoms with Gasteiger partial charge in [-0.1, -0.05) is 6.07 Å². The fourth-order valence-corrected chi connectivity index (χ4v) is 1.79. The fourth-order valence-electron chi connectivity index (χ4n) is 1.79. The second-order valence-corrected chi connectivity index (χ2v) is 4.84. The quantitative estimate of drug-likeness (QED) is 0.575. The van der Waals surface area contributed by atoms with Gasteiger partial charge in [0.15, 0.2) is 0 Å². The zero-order chi connectivity index (χ0) is 17.5. The summed E-state index contributed by atoms with van der Waals surface area (Å²) in [6, 6.07) is 11.1. The lowest BCUT2D eigenvalue weighted by Gasteiger charge is -2.06. The number of amides is 1. The Morgan fingerprint density at radius 3 is 2.67 bits per heavy atom. The van der Waals surface area contributed by atoms with Gasteiger partial charge in [0.25, 0.3) is 5.91 Å². The van der Waals surface area contributed by atoms with Crippen molar-refractivity contribution in [3.05, 3.63) is 65.6 Å². The highest BCUT2D eigenvalue weighted by Crippen LogP contribution is 2.12. The first-order valence-corrected chi connectivity index (χ1v) is 6.94. The Bertz CT molecular complexity index is 836. The first-order valence-electron chi connectivity index (χ1n) is 6.94. The van der Waals surface area contributed by atoms with Crippen LogP contribution in [0.3, 0.4) is 0 Å². The number of pyridine rings is 1. The summed E-state index contributed by atoms with van der Waals surface area (Å²) in [7, 11) is 0. The number of carboxylic acid groups (broad SMARTS) is 1. The van der Waals surface area contributed by atoms with Crippen molar-refractivity contribution in [3.63, 3.8) is 0 Å². The molecule has 2 rings (SSSR count). The third kappa shape index (κ3) is 4.42. The van der Waals surface area contributed by atoms with Crippen LogP contribution in [0.25, 0.3) is 0 Å². The van der Waals surface area contributed by atoms with E-state index < -0.39 is 11.9 Å². The Morgan fingerprint density at radius 2 is 2.04 bits per heavy atom. The third-order valence-electron chi connectivity index (χ3n) is 3.03. The van der Waals surface area contributed by atoms with Crippen LogP contribution in [-0.4, -0.2) is 22.0 Å². The van der Waals surface area contributed by atoms with Crippen molar-refractivity contribution >= 4 is 23.3 Å². The third-order valence-corrected chi connectivity index (χ3v) is 3.03. The van der Waals surface area contributed by atoms with Crippen LogP contribution in [0.4, 0.5) is 11.4 Å². The number of nitriles is 1. The molecule has 0 fully saturated rings. The first-order chi connectivity index (χ1) is 11.5. The van der Waals surface area contributed by atoms with Crippen LogP contribution in [0.5, 0.6) is 0 Å². The average Bonchev–Trinajstić information content (AvgIpc) is 2.57. The normalized spacial score (nSPS) is 10.6. The van der Waals surface area contributed by atoms with E-state index in [1.54, 1.807) is 24.4 Å². The molecule has 1 aromatic heterocycles. The molecule has 0 aliphatic heterocycles. The lowest BCUT2D eigenvalue weighted by molar-refractivity contribution is -0.112. The van der Waals surface area contributed by atoms with Crippen molar-refractivity contribution in [2.24, 2.45) is 0 Å². The van der Waals surface area contributed by atoms with Crippen LogP contribution in [-0.2, 0) is 4.79 Å². The number of aryl methyl sites for hydroxylation is 1. The number of carboxylic acids is 1. The van der Waals surface area contributed by atoms with Gasteiger partial charge in [-0.3, -0.25) is 9.78 Å². The minimum Gasteiger partial charge on any atom is -0.478 e. The molecule has 0 saturated heterocycles. The van der Waals surface area contributed by atoms with E-state index in [1.807, 2.05) is 6.92 Å².